The van der Waals surface area contributed by atoms with E-state index in [-0.39, 0.29) is 5.75 Å². The van der Waals surface area contributed by atoms with Gasteiger partial charge in [0, 0.05) is 5.75 Å². The maximum atomic E-state index is 11.5. The van der Waals surface area contributed by atoms with Crippen LogP contribution in [0.4, 0.5) is 0 Å². The number of hydrogen-bond acceptors (Lipinski definition) is 4. The van der Waals surface area contributed by atoms with Crippen molar-refractivity contribution >= 4 is 23.6 Å². The normalized spacial score (nSPS) is 11.9. The fourth-order valence-electron chi connectivity index (χ4n) is 1.37. The lowest BCUT2D eigenvalue weighted by molar-refractivity contribution is -0.142. The molecule has 0 spiro atoms. The zero-order valence-electron chi connectivity index (χ0n) is 10.6. The van der Waals surface area contributed by atoms with Gasteiger partial charge in [-0.25, -0.2) is 4.79 Å². The van der Waals surface area contributed by atoms with Gasteiger partial charge in [0.1, 0.15) is 6.04 Å². The number of aliphatic carboxylic acids is 1. The van der Waals surface area contributed by atoms with E-state index < -0.39 is 24.5 Å². The predicted molar refractivity (Wildman–Crippen MR) is 74.0 cm³/mol. The van der Waals surface area contributed by atoms with Crippen LogP contribution in [0.3, 0.4) is 0 Å². The third kappa shape index (κ3) is 5.76. The number of thioether (sulfide) groups is 1. The zero-order chi connectivity index (χ0) is 14.3. The summed E-state index contributed by atoms with van der Waals surface area (Å²) >= 11 is 1.40. The average molecular weight is 283 g/mol. The molecule has 19 heavy (non-hydrogen) atoms. The number of nitrogens with one attached hydrogen (secondary N) is 1. The Bertz CT molecular complexity index is 433. The van der Waals surface area contributed by atoms with Crippen molar-refractivity contribution in [2.24, 2.45) is 0 Å². The molecule has 1 rings (SSSR count). The minimum Gasteiger partial charge on any atom is -0.480 e. The van der Waals surface area contributed by atoms with Crippen LogP contribution in [0.15, 0.2) is 24.3 Å². The number of carboxylic acids is 1. The van der Waals surface area contributed by atoms with Crippen LogP contribution in [0.1, 0.15) is 11.1 Å². The number of aliphatic hydroxyl groups excluding tert-OH is 1. The van der Waals surface area contributed by atoms with Gasteiger partial charge >= 0.3 is 5.97 Å². The molecule has 1 atom stereocenters. The lowest BCUT2D eigenvalue weighted by Gasteiger charge is -2.11. The van der Waals surface area contributed by atoms with E-state index in [9.17, 15) is 9.59 Å². The van der Waals surface area contributed by atoms with Gasteiger partial charge in [-0.05, 0) is 12.5 Å². The second kappa shape index (κ2) is 7.81. The van der Waals surface area contributed by atoms with E-state index in [1.807, 2.05) is 31.2 Å². The minimum atomic E-state index is -1.24. The summed E-state index contributed by atoms with van der Waals surface area (Å²) < 4.78 is 0. The van der Waals surface area contributed by atoms with Gasteiger partial charge in [-0.1, -0.05) is 29.8 Å². The summed E-state index contributed by atoms with van der Waals surface area (Å²) in [5.74, 6) is -0.777. The van der Waals surface area contributed by atoms with E-state index in [2.05, 4.69) is 5.32 Å². The summed E-state index contributed by atoms with van der Waals surface area (Å²) in [5.41, 5.74) is 2.29. The molecule has 0 radical (unpaired) electrons. The molecule has 0 aliphatic carbocycles. The molecule has 0 aliphatic rings. The molecule has 3 N–H and O–H groups in total. The molecule has 104 valence electrons. The third-order valence-electron chi connectivity index (χ3n) is 2.44. The van der Waals surface area contributed by atoms with Gasteiger partial charge in [-0.15, -0.1) is 11.8 Å². The Hall–Kier alpha value is -1.53. The van der Waals surface area contributed by atoms with E-state index in [0.29, 0.717) is 5.75 Å². The van der Waals surface area contributed by atoms with E-state index in [1.165, 1.54) is 17.3 Å². The van der Waals surface area contributed by atoms with Crippen molar-refractivity contribution in [1.29, 1.82) is 0 Å². The number of rotatable bonds is 7. The highest BCUT2D eigenvalue weighted by Gasteiger charge is 2.18. The standard InChI is InChI=1S/C13H17NO4S/c1-9-2-4-10(5-3-9)7-19-8-12(16)14-11(6-15)13(17)18/h2-5,11,15H,6-8H2,1H3,(H,14,16)(H,17,18)/t11-/m1/s1. The Balaban J connectivity index is 2.30. The molecule has 1 aromatic carbocycles. The molecule has 1 aromatic rings. The van der Waals surface area contributed by atoms with Crippen LogP contribution in [0.25, 0.3) is 0 Å². The van der Waals surface area contributed by atoms with Gasteiger partial charge in [0.15, 0.2) is 0 Å². The lowest BCUT2D eigenvalue weighted by atomic mass is 10.2. The highest BCUT2D eigenvalue weighted by Crippen LogP contribution is 2.12. The maximum Gasteiger partial charge on any atom is 0.328 e. The molecule has 0 fully saturated rings. The number of carboxylic acid groups (broad SMARTS) is 1. The van der Waals surface area contributed by atoms with Gasteiger partial charge < -0.3 is 15.5 Å². The third-order valence-corrected chi connectivity index (χ3v) is 3.44. The fourth-order valence-corrected chi connectivity index (χ4v) is 2.17. The molecule has 0 aliphatic heterocycles. The van der Waals surface area contributed by atoms with Crippen LogP contribution in [-0.4, -0.2) is 40.5 Å². The lowest BCUT2D eigenvalue weighted by Crippen LogP contribution is -2.44. The van der Waals surface area contributed by atoms with Crippen molar-refractivity contribution in [3.63, 3.8) is 0 Å². The molecular weight excluding hydrogens is 266 g/mol. The molecule has 0 saturated carbocycles. The van der Waals surface area contributed by atoms with Crippen LogP contribution >= 0.6 is 11.8 Å². The second-order valence-electron chi connectivity index (χ2n) is 4.12. The van der Waals surface area contributed by atoms with Crippen LogP contribution in [0.2, 0.25) is 0 Å². The Morgan fingerprint density at radius 1 is 1.32 bits per heavy atom. The summed E-state index contributed by atoms with van der Waals surface area (Å²) in [6.45, 7) is 1.40. The summed E-state index contributed by atoms with van der Waals surface area (Å²) in [6.07, 6.45) is 0. The van der Waals surface area contributed by atoms with E-state index in [1.54, 1.807) is 0 Å². The molecule has 0 aromatic heterocycles. The topological polar surface area (TPSA) is 86.6 Å². The molecular formula is C13H17NO4S. The van der Waals surface area contributed by atoms with Crippen molar-refractivity contribution < 1.29 is 19.8 Å². The first-order valence-electron chi connectivity index (χ1n) is 5.79. The van der Waals surface area contributed by atoms with E-state index >= 15 is 0 Å². The average Bonchev–Trinajstić information content (AvgIpc) is 2.38. The highest BCUT2D eigenvalue weighted by molar-refractivity contribution is 7.99. The molecule has 0 unspecified atom stereocenters. The van der Waals surface area contributed by atoms with Gasteiger partial charge in [-0.3, -0.25) is 4.79 Å². The summed E-state index contributed by atoms with van der Waals surface area (Å²) in [5, 5.41) is 19.7. The molecule has 6 heteroatoms. The maximum absolute atomic E-state index is 11.5. The van der Waals surface area contributed by atoms with Gasteiger partial charge in [0.05, 0.1) is 12.4 Å². The minimum absolute atomic E-state index is 0.164. The number of carbonyl (C=O) groups is 2. The molecule has 0 heterocycles. The molecule has 0 saturated heterocycles. The number of benzene rings is 1. The predicted octanol–water partition coefficient (Wildman–Crippen LogP) is 0.790. The first-order valence-corrected chi connectivity index (χ1v) is 6.94. The Morgan fingerprint density at radius 3 is 2.47 bits per heavy atom. The van der Waals surface area contributed by atoms with Gasteiger partial charge in [0.25, 0.3) is 0 Å². The fraction of sp³-hybridized carbons (Fsp3) is 0.385. The summed E-state index contributed by atoms with van der Waals surface area (Å²) in [4.78, 5) is 22.1. The number of carbonyl (C=O) groups excluding carboxylic acids is 1. The SMILES string of the molecule is Cc1ccc(CSCC(=O)N[C@H](CO)C(=O)O)cc1. The van der Waals surface area contributed by atoms with Crippen LogP contribution in [0.5, 0.6) is 0 Å². The Morgan fingerprint density at radius 2 is 1.95 bits per heavy atom. The number of aliphatic hydroxyl groups is 1. The van der Waals surface area contributed by atoms with Crippen molar-refractivity contribution in [1.82, 2.24) is 5.32 Å². The van der Waals surface area contributed by atoms with Crippen LogP contribution in [-0.2, 0) is 15.3 Å². The Labute approximate surface area is 116 Å². The molecule has 5 nitrogen and oxygen atoms in total. The quantitative estimate of drug-likeness (QED) is 0.689. The zero-order valence-corrected chi connectivity index (χ0v) is 11.4. The Kier molecular flexibility index (Phi) is 6.38. The smallest absolute Gasteiger partial charge is 0.328 e. The second-order valence-corrected chi connectivity index (χ2v) is 5.10. The molecule has 0 bridgehead atoms. The number of aryl methyl sites for hydroxylation is 1. The van der Waals surface area contributed by atoms with Crippen molar-refractivity contribution in [2.45, 2.75) is 18.7 Å². The number of amides is 1. The largest absolute Gasteiger partial charge is 0.480 e. The van der Waals surface area contributed by atoms with Gasteiger partial charge in [0.2, 0.25) is 5.91 Å². The van der Waals surface area contributed by atoms with Gasteiger partial charge in [-0.2, -0.15) is 0 Å². The highest BCUT2D eigenvalue weighted by atomic mass is 32.2. The summed E-state index contributed by atoms with van der Waals surface area (Å²) in [6, 6.07) is 6.76. The molecule has 1 amide bonds. The van der Waals surface area contributed by atoms with Crippen LogP contribution in [0, 0.1) is 6.92 Å². The van der Waals surface area contributed by atoms with E-state index in [4.69, 9.17) is 10.2 Å². The van der Waals surface area contributed by atoms with Crippen LogP contribution < -0.4 is 5.32 Å². The first kappa shape index (κ1) is 15.5. The van der Waals surface area contributed by atoms with Crippen molar-refractivity contribution in [3.05, 3.63) is 35.4 Å². The monoisotopic (exact) mass is 283 g/mol. The first-order chi connectivity index (χ1) is 9.02. The van der Waals surface area contributed by atoms with Crippen molar-refractivity contribution in [3.8, 4) is 0 Å². The van der Waals surface area contributed by atoms with E-state index in [0.717, 1.165) is 5.56 Å². The number of hydrogen-bond donors (Lipinski definition) is 3. The van der Waals surface area contributed by atoms with Crippen molar-refractivity contribution in [2.75, 3.05) is 12.4 Å². The summed E-state index contributed by atoms with van der Waals surface area (Å²) in [7, 11) is 0.